The van der Waals surface area contributed by atoms with E-state index >= 15 is 0 Å². The molecule has 202 valence electrons. The predicted molar refractivity (Wildman–Crippen MR) is 184 cm³/mol. The first kappa shape index (κ1) is 24.2. The van der Waals surface area contributed by atoms with Gasteiger partial charge in [-0.2, -0.15) is 0 Å². The first-order chi connectivity index (χ1) is 21.3. The summed E-state index contributed by atoms with van der Waals surface area (Å²) in [6.45, 7) is 0. The van der Waals surface area contributed by atoms with Gasteiger partial charge in [-0.25, -0.2) is 0 Å². The molecular weight excluding hydrogens is 543 g/mol. The molecule has 0 bridgehead atoms. The Hall–Kier alpha value is -5.38. The van der Waals surface area contributed by atoms with Gasteiger partial charge in [-0.05, 0) is 64.4 Å². The van der Waals surface area contributed by atoms with Crippen LogP contribution in [0.1, 0.15) is 0 Å². The lowest BCUT2D eigenvalue weighted by Crippen LogP contribution is -2.10. The van der Waals surface area contributed by atoms with Crippen LogP contribution >= 0.6 is 11.3 Å². The van der Waals surface area contributed by atoms with E-state index in [1.165, 1.54) is 42.1 Å². The van der Waals surface area contributed by atoms with Crippen LogP contribution in [0.15, 0.2) is 156 Å². The molecule has 0 radical (unpaired) electrons. The summed E-state index contributed by atoms with van der Waals surface area (Å²) in [4.78, 5) is 2.37. The third-order valence-corrected chi connectivity index (χ3v) is 9.61. The van der Waals surface area contributed by atoms with Crippen LogP contribution in [0.25, 0.3) is 64.0 Å². The quantitative estimate of drug-likeness (QED) is 0.210. The van der Waals surface area contributed by atoms with Gasteiger partial charge >= 0.3 is 0 Å². The summed E-state index contributed by atoms with van der Waals surface area (Å²) in [6, 6.07) is 54.2. The summed E-state index contributed by atoms with van der Waals surface area (Å²) in [6.07, 6.45) is 0. The minimum Gasteiger partial charge on any atom is -0.454 e. The first-order valence-electron chi connectivity index (χ1n) is 14.5. The van der Waals surface area contributed by atoms with E-state index in [-0.39, 0.29) is 0 Å². The number of hydrogen-bond donors (Lipinski definition) is 0. The molecule has 0 aliphatic rings. The van der Waals surface area contributed by atoms with Crippen molar-refractivity contribution in [1.82, 2.24) is 0 Å². The normalized spacial score (nSPS) is 11.7. The number of rotatable bonds is 4. The van der Waals surface area contributed by atoms with Gasteiger partial charge in [0.25, 0.3) is 0 Å². The molecular formula is C40H25NOS. The van der Waals surface area contributed by atoms with Crippen molar-refractivity contribution in [1.29, 1.82) is 0 Å². The number of thiophene rings is 1. The Morgan fingerprint density at radius 3 is 2.02 bits per heavy atom. The summed E-state index contributed by atoms with van der Waals surface area (Å²) in [5, 5.41) is 7.29. The van der Waals surface area contributed by atoms with E-state index in [2.05, 4.69) is 150 Å². The van der Waals surface area contributed by atoms with Crippen molar-refractivity contribution in [3.63, 3.8) is 0 Å². The van der Waals surface area contributed by atoms with Gasteiger partial charge in [0.2, 0.25) is 0 Å². The maximum absolute atomic E-state index is 6.59. The highest BCUT2D eigenvalue weighted by atomic mass is 32.1. The van der Waals surface area contributed by atoms with Crippen LogP contribution in [0.2, 0.25) is 0 Å². The van der Waals surface area contributed by atoms with E-state index in [0.29, 0.717) is 0 Å². The monoisotopic (exact) mass is 567 g/mol. The molecule has 0 fully saturated rings. The van der Waals surface area contributed by atoms with Crippen LogP contribution in [-0.2, 0) is 0 Å². The highest BCUT2D eigenvalue weighted by molar-refractivity contribution is 7.26. The standard InChI is InChI=1S/C40H25NOS/c1-2-12-29-26(10-1)11-7-15-30(29)27-22-24-28(25-23-27)41(34-17-9-21-38-39(34)33-14-4-6-20-37(33)43-38)35-18-8-16-32-31-13-3-5-19-36(31)42-40(32)35/h1-25H. The Balaban J connectivity index is 1.31. The van der Waals surface area contributed by atoms with Crippen molar-refractivity contribution < 1.29 is 4.42 Å². The average Bonchev–Trinajstić information content (AvgIpc) is 3.64. The zero-order chi connectivity index (χ0) is 28.3. The van der Waals surface area contributed by atoms with Gasteiger partial charge < -0.3 is 9.32 Å². The van der Waals surface area contributed by atoms with E-state index in [1.54, 1.807) is 0 Å². The SMILES string of the molecule is c1ccc2c(-c3ccc(N(c4cccc5c4oc4ccccc45)c4cccc5sc6ccccc6c45)cc3)cccc2c1. The third-order valence-electron chi connectivity index (χ3n) is 8.47. The van der Waals surface area contributed by atoms with Crippen molar-refractivity contribution >= 4 is 81.3 Å². The van der Waals surface area contributed by atoms with Crippen LogP contribution in [-0.4, -0.2) is 0 Å². The molecule has 7 aromatic carbocycles. The fourth-order valence-corrected chi connectivity index (χ4v) is 7.65. The lowest BCUT2D eigenvalue weighted by Gasteiger charge is -2.26. The average molecular weight is 568 g/mol. The van der Waals surface area contributed by atoms with Gasteiger partial charge in [-0.3, -0.25) is 0 Å². The van der Waals surface area contributed by atoms with Crippen molar-refractivity contribution in [2.75, 3.05) is 4.90 Å². The number of anilines is 3. The topological polar surface area (TPSA) is 16.4 Å². The third kappa shape index (κ3) is 3.79. The Morgan fingerprint density at radius 1 is 0.465 bits per heavy atom. The zero-order valence-corrected chi connectivity index (χ0v) is 24.0. The maximum atomic E-state index is 6.59. The molecule has 0 unspecified atom stereocenters. The molecule has 0 aliphatic heterocycles. The van der Waals surface area contributed by atoms with E-state index in [0.717, 1.165) is 39.0 Å². The molecule has 2 aromatic heterocycles. The molecule has 0 atom stereocenters. The molecule has 2 heterocycles. The van der Waals surface area contributed by atoms with Crippen molar-refractivity contribution in [2.45, 2.75) is 0 Å². The predicted octanol–water partition coefficient (Wildman–Crippen LogP) is 12.2. The first-order valence-corrected chi connectivity index (χ1v) is 15.3. The fourth-order valence-electron chi connectivity index (χ4n) is 6.53. The number of nitrogens with zero attached hydrogens (tertiary/aromatic N) is 1. The number of furan rings is 1. The van der Waals surface area contributed by atoms with Crippen LogP contribution in [0.5, 0.6) is 0 Å². The van der Waals surface area contributed by atoms with E-state index in [9.17, 15) is 0 Å². The van der Waals surface area contributed by atoms with Gasteiger partial charge in [-0.15, -0.1) is 11.3 Å². The second kappa shape index (κ2) is 9.59. The lowest BCUT2D eigenvalue weighted by molar-refractivity contribution is 0.669. The summed E-state index contributed by atoms with van der Waals surface area (Å²) in [5.41, 5.74) is 7.46. The molecule has 0 spiro atoms. The van der Waals surface area contributed by atoms with Crippen molar-refractivity contribution in [2.24, 2.45) is 0 Å². The van der Waals surface area contributed by atoms with Crippen LogP contribution < -0.4 is 4.90 Å². The number of hydrogen-bond acceptors (Lipinski definition) is 3. The molecule has 2 nitrogen and oxygen atoms in total. The van der Waals surface area contributed by atoms with Gasteiger partial charge in [0, 0.05) is 36.6 Å². The highest BCUT2D eigenvalue weighted by Gasteiger charge is 2.22. The summed E-state index contributed by atoms with van der Waals surface area (Å²) in [5.74, 6) is 0. The van der Waals surface area contributed by atoms with E-state index < -0.39 is 0 Å². The van der Waals surface area contributed by atoms with Gasteiger partial charge in [-0.1, -0.05) is 109 Å². The van der Waals surface area contributed by atoms with Crippen LogP contribution in [0, 0.1) is 0 Å². The molecule has 0 N–H and O–H groups in total. The van der Waals surface area contributed by atoms with Crippen molar-refractivity contribution in [3.05, 3.63) is 152 Å². The van der Waals surface area contributed by atoms with Gasteiger partial charge in [0.1, 0.15) is 5.58 Å². The molecule has 0 saturated carbocycles. The Kier molecular flexibility index (Phi) is 5.40. The Morgan fingerprint density at radius 2 is 1.12 bits per heavy atom. The van der Waals surface area contributed by atoms with E-state index in [1.807, 2.05) is 17.4 Å². The number of fused-ring (bicyclic) bond motifs is 7. The minimum atomic E-state index is 0.887. The van der Waals surface area contributed by atoms with Gasteiger partial charge in [0.05, 0.1) is 11.4 Å². The number of benzene rings is 7. The largest absolute Gasteiger partial charge is 0.454 e. The Bertz CT molecular complexity index is 2460. The molecule has 0 amide bonds. The maximum Gasteiger partial charge on any atom is 0.159 e. The lowest BCUT2D eigenvalue weighted by atomic mass is 9.98. The molecule has 9 rings (SSSR count). The molecule has 3 heteroatoms. The molecule has 43 heavy (non-hydrogen) atoms. The minimum absolute atomic E-state index is 0.887. The molecule has 9 aromatic rings. The summed E-state index contributed by atoms with van der Waals surface area (Å²) < 4.78 is 9.15. The fraction of sp³-hybridized carbons (Fsp3) is 0. The number of para-hydroxylation sites is 2. The second-order valence-electron chi connectivity index (χ2n) is 10.9. The van der Waals surface area contributed by atoms with E-state index in [4.69, 9.17) is 4.42 Å². The molecule has 0 aliphatic carbocycles. The smallest absolute Gasteiger partial charge is 0.159 e. The highest BCUT2D eigenvalue weighted by Crippen LogP contribution is 2.47. The van der Waals surface area contributed by atoms with Crippen molar-refractivity contribution in [3.8, 4) is 11.1 Å². The molecule has 0 saturated heterocycles. The van der Waals surface area contributed by atoms with Crippen LogP contribution in [0.4, 0.5) is 17.1 Å². The second-order valence-corrected chi connectivity index (χ2v) is 12.0. The summed E-state index contributed by atoms with van der Waals surface area (Å²) in [7, 11) is 0. The Labute approximate surface area is 252 Å². The summed E-state index contributed by atoms with van der Waals surface area (Å²) >= 11 is 1.84. The van der Waals surface area contributed by atoms with Crippen LogP contribution in [0.3, 0.4) is 0 Å². The zero-order valence-electron chi connectivity index (χ0n) is 23.2. The van der Waals surface area contributed by atoms with Gasteiger partial charge in [0.15, 0.2) is 5.58 Å².